The second-order valence-corrected chi connectivity index (χ2v) is 7.70. The lowest BCUT2D eigenvalue weighted by molar-refractivity contribution is -0.125. The second kappa shape index (κ2) is 8.34. The zero-order chi connectivity index (χ0) is 22.0. The van der Waals surface area contributed by atoms with Crippen LogP contribution < -0.4 is 18.9 Å². The van der Waals surface area contributed by atoms with E-state index in [2.05, 4.69) is 0 Å². The Morgan fingerprint density at radius 3 is 2.61 bits per heavy atom. The van der Waals surface area contributed by atoms with Crippen molar-refractivity contribution in [2.75, 3.05) is 34.4 Å². The first-order chi connectivity index (χ1) is 15.0. The van der Waals surface area contributed by atoms with Gasteiger partial charge in [0.15, 0.2) is 17.3 Å². The first kappa shape index (κ1) is 20.8. The van der Waals surface area contributed by atoms with Gasteiger partial charge in [-0.25, -0.2) is 0 Å². The highest BCUT2D eigenvalue weighted by molar-refractivity contribution is 6.01. The van der Waals surface area contributed by atoms with Gasteiger partial charge in [-0.2, -0.15) is 0 Å². The Bertz CT molecular complexity index is 1050. The van der Waals surface area contributed by atoms with Gasteiger partial charge in [0.05, 0.1) is 39.9 Å². The summed E-state index contributed by atoms with van der Waals surface area (Å²) >= 11 is 0. The van der Waals surface area contributed by atoms with E-state index in [4.69, 9.17) is 18.9 Å². The summed E-state index contributed by atoms with van der Waals surface area (Å²) in [7, 11) is 4.71. The maximum absolute atomic E-state index is 12.8. The Morgan fingerprint density at radius 2 is 1.87 bits per heavy atom. The van der Waals surface area contributed by atoms with Gasteiger partial charge in [0.25, 0.3) is 0 Å². The lowest BCUT2D eigenvalue weighted by atomic mass is 9.89. The molecule has 1 saturated heterocycles. The first-order valence-corrected chi connectivity index (χ1v) is 10.1. The summed E-state index contributed by atoms with van der Waals surface area (Å²) in [5, 5.41) is 0. The largest absolute Gasteiger partial charge is 0.497 e. The number of Topliss-reactive ketones (excluding diaryl/α,β-unsaturated/α-hetero) is 1. The fourth-order valence-electron chi connectivity index (χ4n) is 4.09. The monoisotopic (exact) mass is 423 g/mol. The third-order valence-corrected chi connectivity index (χ3v) is 5.75. The average molecular weight is 423 g/mol. The molecule has 2 aromatic rings. The predicted octanol–water partition coefficient (Wildman–Crippen LogP) is 3.36. The second-order valence-electron chi connectivity index (χ2n) is 7.70. The van der Waals surface area contributed by atoms with Gasteiger partial charge in [-0.3, -0.25) is 9.59 Å². The number of rotatable bonds is 5. The van der Waals surface area contributed by atoms with Crippen molar-refractivity contribution in [1.82, 2.24) is 4.90 Å². The van der Waals surface area contributed by atoms with E-state index in [0.29, 0.717) is 48.1 Å². The molecule has 1 atom stereocenters. The summed E-state index contributed by atoms with van der Waals surface area (Å²) in [5.41, 5.74) is 0.681. The highest BCUT2D eigenvalue weighted by Crippen LogP contribution is 2.40. The van der Waals surface area contributed by atoms with E-state index < -0.39 is 5.60 Å². The van der Waals surface area contributed by atoms with Crippen LogP contribution in [0.1, 0.15) is 28.8 Å². The third-order valence-electron chi connectivity index (χ3n) is 5.75. The van der Waals surface area contributed by atoms with Gasteiger partial charge >= 0.3 is 0 Å². The molecule has 0 aromatic heterocycles. The van der Waals surface area contributed by atoms with Gasteiger partial charge < -0.3 is 23.8 Å². The Kier molecular flexibility index (Phi) is 5.59. The van der Waals surface area contributed by atoms with Gasteiger partial charge in [0.2, 0.25) is 5.91 Å². The minimum absolute atomic E-state index is 0.00955. The molecule has 2 aliphatic rings. The predicted molar refractivity (Wildman–Crippen MR) is 115 cm³/mol. The number of likely N-dealkylation sites (tertiary alicyclic amines) is 1. The van der Waals surface area contributed by atoms with Crippen molar-refractivity contribution in [1.29, 1.82) is 0 Å². The van der Waals surface area contributed by atoms with E-state index >= 15 is 0 Å². The number of nitrogens with zero attached hydrogens (tertiary/aromatic N) is 1. The molecule has 162 valence electrons. The molecule has 1 fully saturated rings. The van der Waals surface area contributed by atoms with Crippen molar-refractivity contribution < 1.29 is 28.5 Å². The van der Waals surface area contributed by atoms with Crippen LogP contribution in [0.3, 0.4) is 0 Å². The summed E-state index contributed by atoms with van der Waals surface area (Å²) in [6.07, 6.45) is 4.13. The zero-order valence-corrected chi connectivity index (χ0v) is 17.8. The van der Waals surface area contributed by atoms with E-state index in [9.17, 15) is 9.59 Å². The van der Waals surface area contributed by atoms with Gasteiger partial charge in [-0.05, 0) is 42.0 Å². The SMILES string of the molecule is COc1ccc2c(c1)C(=O)CC1(CCN(C(=O)/C=C/c3ccc(OC)c(OC)c3)C1)O2. The van der Waals surface area contributed by atoms with E-state index in [1.54, 1.807) is 56.6 Å². The smallest absolute Gasteiger partial charge is 0.246 e. The summed E-state index contributed by atoms with van der Waals surface area (Å²) < 4.78 is 22.0. The maximum Gasteiger partial charge on any atom is 0.246 e. The zero-order valence-electron chi connectivity index (χ0n) is 17.8. The number of methoxy groups -OCH3 is 3. The van der Waals surface area contributed by atoms with Gasteiger partial charge in [-0.1, -0.05) is 6.07 Å². The molecule has 7 heteroatoms. The lowest BCUT2D eigenvalue weighted by Gasteiger charge is -2.34. The molecule has 0 bridgehead atoms. The molecule has 1 amide bonds. The van der Waals surface area contributed by atoms with E-state index in [1.807, 2.05) is 12.1 Å². The first-order valence-electron chi connectivity index (χ1n) is 10.1. The number of ether oxygens (including phenoxy) is 4. The van der Waals surface area contributed by atoms with Gasteiger partial charge in [0.1, 0.15) is 17.1 Å². The van der Waals surface area contributed by atoms with E-state index in [-0.39, 0.29) is 18.1 Å². The minimum Gasteiger partial charge on any atom is -0.497 e. The molecule has 2 heterocycles. The van der Waals surface area contributed by atoms with Crippen LogP contribution in [0.4, 0.5) is 0 Å². The van der Waals surface area contributed by atoms with Crippen LogP contribution in [-0.4, -0.2) is 56.6 Å². The molecule has 1 unspecified atom stereocenters. The Hall–Kier alpha value is -3.48. The van der Waals surface area contributed by atoms with Crippen molar-refractivity contribution in [3.63, 3.8) is 0 Å². The van der Waals surface area contributed by atoms with Crippen molar-refractivity contribution in [3.05, 3.63) is 53.6 Å². The van der Waals surface area contributed by atoms with Crippen LogP contribution >= 0.6 is 0 Å². The molecule has 0 saturated carbocycles. The minimum atomic E-state index is -0.675. The number of hydrogen-bond acceptors (Lipinski definition) is 6. The highest BCUT2D eigenvalue weighted by Gasteiger charge is 2.46. The number of carbonyl (C=O) groups excluding carboxylic acids is 2. The number of hydrogen-bond donors (Lipinski definition) is 0. The molecular formula is C24H25NO6. The fraction of sp³-hybridized carbons (Fsp3) is 0.333. The van der Waals surface area contributed by atoms with Crippen LogP contribution in [-0.2, 0) is 4.79 Å². The topological polar surface area (TPSA) is 74.3 Å². The molecule has 2 aliphatic heterocycles. The molecule has 7 nitrogen and oxygen atoms in total. The molecule has 0 radical (unpaired) electrons. The molecular weight excluding hydrogens is 398 g/mol. The van der Waals surface area contributed by atoms with Crippen LogP contribution in [0.15, 0.2) is 42.5 Å². The summed E-state index contributed by atoms with van der Waals surface area (Å²) in [6, 6.07) is 10.7. The van der Waals surface area contributed by atoms with Gasteiger partial charge in [-0.15, -0.1) is 0 Å². The highest BCUT2D eigenvalue weighted by atomic mass is 16.5. The Labute approximate surface area is 181 Å². The molecule has 2 aromatic carbocycles. The van der Waals surface area contributed by atoms with Gasteiger partial charge in [0, 0.05) is 19.0 Å². The summed E-state index contributed by atoms with van der Waals surface area (Å²) in [5.74, 6) is 2.28. The third kappa shape index (κ3) is 4.08. The van der Waals surface area contributed by atoms with Crippen molar-refractivity contribution in [2.45, 2.75) is 18.4 Å². The Balaban J connectivity index is 1.45. The van der Waals surface area contributed by atoms with Crippen LogP contribution in [0, 0.1) is 0 Å². The number of fused-ring (bicyclic) bond motifs is 1. The number of amides is 1. The number of benzene rings is 2. The normalized spacial score (nSPS) is 20.0. The molecule has 1 spiro atoms. The van der Waals surface area contributed by atoms with Crippen molar-refractivity contribution in [3.8, 4) is 23.0 Å². The molecule has 0 aliphatic carbocycles. The van der Waals surface area contributed by atoms with Crippen molar-refractivity contribution >= 4 is 17.8 Å². The molecule has 4 rings (SSSR count). The summed E-state index contributed by atoms with van der Waals surface area (Å²) in [6.45, 7) is 0.910. The Morgan fingerprint density at radius 1 is 1.06 bits per heavy atom. The quantitative estimate of drug-likeness (QED) is 0.687. The van der Waals surface area contributed by atoms with E-state index in [0.717, 1.165) is 5.56 Å². The lowest BCUT2D eigenvalue weighted by Crippen LogP contribution is -2.45. The average Bonchev–Trinajstić information content (AvgIpc) is 3.19. The standard InChI is InChI=1S/C24H25NO6/c1-28-17-6-8-20-18(13-17)19(26)14-24(31-20)10-11-25(15-24)23(27)9-5-16-4-7-21(29-2)22(12-16)30-3/h4-9,12-13H,10-11,14-15H2,1-3H3/b9-5+. The van der Waals surface area contributed by atoms with Crippen LogP contribution in [0.25, 0.3) is 6.08 Å². The van der Waals surface area contributed by atoms with E-state index in [1.165, 1.54) is 6.08 Å². The fourth-order valence-corrected chi connectivity index (χ4v) is 4.09. The van der Waals surface area contributed by atoms with Crippen LogP contribution in [0.5, 0.6) is 23.0 Å². The number of ketones is 1. The van der Waals surface area contributed by atoms with Crippen molar-refractivity contribution in [2.24, 2.45) is 0 Å². The molecule has 31 heavy (non-hydrogen) atoms. The van der Waals surface area contributed by atoms with Crippen LogP contribution in [0.2, 0.25) is 0 Å². The summed E-state index contributed by atoms with van der Waals surface area (Å²) in [4.78, 5) is 27.2. The maximum atomic E-state index is 12.8. The number of carbonyl (C=O) groups is 2. The molecule has 0 N–H and O–H groups in total.